The molecule has 0 unspecified atom stereocenters. The molecule has 1 aliphatic rings. The molecule has 0 atom stereocenters. The van der Waals surface area contributed by atoms with E-state index in [0.717, 1.165) is 38.2 Å². The van der Waals surface area contributed by atoms with E-state index in [2.05, 4.69) is 22.1 Å². The molecular formula is C16H25N3O2. The standard InChI is InChI=1S/C16H25N3O2/c1-3-4-7-19-8-5-13(6-9-19)18-16(21)14-11-17-12(2)10-15(14)20/h10-11,13H,3-9H2,1-2H3,(H,17,20)(H,18,21). The van der Waals surface area contributed by atoms with Crippen LogP contribution in [-0.2, 0) is 0 Å². The predicted molar refractivity (Wildman–Crippen MR) is 83.6 cm³/mol. The third kappa shape index (κ3) is 4.43. The summed E-state index contributed by atoms with van der Waals surface area (Å²) >= 11 is 0. The lowest BCUT2D eigenvalue weighted by molar-refractivity contribution is 0.0909. The van der Waals surface area contributed by atoms with Crippen molar-refractivity contribution in [3.8, 4) is 0 Å². The Labute approximate surface area is 125 Å². The average Bonchev–Trinajstić information content (AvgIpc) is 2.46. The number of likely N-dealkylation sites (tertiary alicyclic amines) is 1. The molecule has 1 aliphatic heterocycles. The number of H-pyrrole nitrogens is 1. The van der Waals surface area contributed by atoms with Crippen LogP contribution in [0.25, 0.3) is 0 Å². The highest BCUT2D eigenvalue weighted by Crippen LogP contribution is 2.11. The van der Waals surface area contributed by atoms with Crippen LogP contribution in [0.1, 0.15) is 48.7 Å². The average molecular weight is 291 g/mol. The van der Waals surface area contributed by atoms with E-state index in [1.807, 2.05) is 0 Å². The molecule has 0 aromatic carbocycles. The van der Waals surface area contributed by atoms with E-state index in [1.165, 1.54) is 25.1 Å². The Morgan fingerprint density at radius 1 is 1.43 bits per heavy atom. The molecule has 21 heavy (non-hydrogen) atoms. The third-order valence-corrected chi connectivity index (χ3v) is 4.05. The van der Waals surface area contributed by atoms with E-state index < -0.39 is 0 Å². The maximum absolute atomic E-state index is 12.2. The maximum atomic E-state index is 12.2. The lowest BCUT2D eigenvalue weighted by Crippen LogP contribution is -2.45. The molecule has 116 valence electrons. The third-order valence-electron chi connectivity index (χ3n) is 4.05. The minimum atomic E-state index is -0.261. The van der Waals surface area contributed by atoms with Crippen molar-refractivity contribution in [3.05, 3.63) is 33.7 Å². The highest BCUT2D eigenvalue weighted by Gasteiger charge is 2.21. The van der Waals surface area contributed by atoms with Crippen LogP contribution in [0, 0.1) is 6.92 Å². The number of unbranched alkanes of at least 4 members (excludes halogenated alkanes) is 1. The molecule has 1 fully saturated rings. The van der Waals surface area contributed by atoms with Gasteiger partial charge in [-0.05, 0) is 32.7 Å². The summed E-state index contributed by atoms with van der Waals surface area (Å²) in [5.74, 6) is -0.261. The molecule has 1 amide bonds. The second-order valence-corrected chi connectivity index (χ2v) is 5.84. The van der Waals surface area contributed by atoms with Gasteiger partial charge in [0.05, 0.1) is 0 Å². The quantitative estimate of drug-likeness (QED) is 0.867. The summed E-state index contributed by atoms with van der Waals surface area (Å²) in [6.45, 7) is 7.19. The fourth-order valence-electron chi connectivity index (χ4n) is 2.70. The second-order valence-electron chi connectivity index (χ2n) is 5.84. The van der Waals surface area contributed by atoms with Gasteiger partial charge in [0.2, 0.25) is 0 Å². The van der Waals surface area contributed by atoms with E-state index >= 15 is 0 Å². The molecule has 2 N–H and O–H groups in total. The molecule has 5 heteroatoms. The summed E-state index contributed by atoms with van der Waals surface area (Å²) < 4.78 is 0. The van der Waals surface area contributed by atoms with Gasteiger partial charge in [-0.1, -0.05) is 13.3 Å². The minimum absolute atomic E-state index is 0.177. The summed E-state index contributed by atoms with van der Waals surface area (Å²) in [5, 5.41) is 2.99. The van der Waals surface area contributed by atoms with Gasteiger partial charge < -0.3 is 15.2 Å². The van der Waals surface area contributed by atoms with Crippen molar-refractivity contribution in [3.63, 3.8) is 0 Å². The van der Waals surface area contributed by atoms with Crippen molar-refractivity contribution in [2.45, 2.75) is 45.6 Å². The first kappa shape index (κ1) is 15.8. The Morgan fingerprint density at radius 3 is 2.76 bits per heavy atom. The Kier molecular flexibility index (Phi) is 5.56. The number of rotatable bonds is 5. The van der Waals surface area contributed by atoms with E-state index in [1.54, 1.807) is 6.92 Å². The first-order valence-corrected chi connectivity index (χ1v) is 7.82. The molecule has 1 aromatic heterocycles. The smallest absolute Gasteiger partial charge is 0.256 e. The molecule has 1 aromatic rings. The lowest BCUT2D eigenvalue weighted by atomic mass is 10.0. The summed E-state index contributed by atoms with van der Waals surface area (Å²) in [6, 6.07) is 1.64. The van der Waals surface area contributed by atoms with Crippen molar-refractivity contribution < 1.29 is 4.79 Å². The second kappa shape index (κ2) is 7.41. The van der Waals surface area contributed by atoms with Gasteiger partial charge in [0.25, 0.3) is 5.91 Å². The highest BCUT2D eigenvalue weighted by molar-refractivity contribution is 5.93. The van der Waals surface area contributed by atoms with E-state index in [4.69, 9.17) is 0 Å². The first-order chi connectivity index (χ1) is 10.1. The fraction of sp³-hybridized carbons (Fsp3) is 0.625. The monoisotopic (exact) mass is 291 g/mol. The Morgan fingerprint density at radius 2 is 2.14 bits per heavy atom. The van der Waals surface area contributed by atoms with Gasteiger partial charge >= 0.3 is 0 Å². The Hall–Kier alpha value is -1.62. The fourth-order valence-corrected chi connectivity index (χ4v) is 2.70. The van der Waals surface area contributed by atoms with E-state index in [0.29, 0.717) is 0 Å². The van der Waals surface area contributed by atoms with E-state index in [9.17, 15) is 9.59 Å². The number of aromatic nitrogens is 1. The number of carbonyl (C=O) groups excluding carboxylic acids is 1. The number of aromatic amines is 1. The van der Waals surface area contributed by atoms with Gasteiger partial charge in [-0.3, -0.25) is 9.59 Å². The van der Waals surface area contributed by atoms with E-state index in [-0.39, 0.29) is 22.9 Å². The normalized spacial score (nSPS) is 16.9. The van der Waals surface area contributed by atoms with Gasteiger partial charge in [-0.15, -0.1) is 0 Å². The number of amides is 1. The minimum Gasteiger partial charge on any atom is -0.364 e. The van der Waals surface area contributed by atoms with Gasteiger partial charge in [0.15, 0.2) is 5.43 Å². The number of hydrogen-bond donors (Lipinski definition) is 2. The van der Waals surface area contributed by atoms with Crippen LogP contribution < -0.4 is 10.7 Å². The van der Waals surface area contributed by atoms with Crippen molar-refractivity contribution in [1.82, 2.24) is 15.2 Å². The molecule has 0 saturated carbocycles. The van der Waals surface area contributed by atoms with Gasteiger partial charge in [-0.25, -0.2) is 0 Å². The van der Waals surface area contributed by atoms with Crippen LogP contribution in [0.2, 0.25) is 0 Å². The predicted octanol–water partition coefficient (Wildman–Crippen LogP) is 1.68. The van der Waals surface area contributed by atoms with Crippen molar-refractivity contribution in [1.29, 1.82) is 0 Å². The topological polar surface area (TPSA) is 65.2 Å². The summed E-state index contributed by atoms with van der Waals surface area (Å²) in [4.78, 5) is 29.3. The molecule has 0 radical (unpaired) electrons. The zero-order chi connectivity index (χ0) is 15.2. The molecule has 0 aliphatic carbocycles. The molecular weight excluding hydrogens is 266 g/mol. The molecule has 2 rings (SSSR count). The van der Waals surface area contributed by atoms with Crippen LogP contribution in [0.3, 0.4) is 0 Å². The lowest BCUT2D eigenvalue weighted by Gasteiger charge is -2.32. The number of nitrogens with one attached hydrogen (secondary N) is 2. The molecule has 0 spiro atoms. The van der Waals surface area contributed by atoms with Crippen molar-refractivity contribution in [2.75, 3.05) is 19.6 Å². The summed E-state index contributed by atoms with van der Waals surface area (Å²) in [5.41, 5.74) is 0.749. The number of aryl methyl sites for hydroxylation is 1. The first-order valence-electron chi connectivity index (χ1n) is 7.82. The highest BCUT2D eigenvalue weighted by atomic mass is 16.2. The van der Waals surface area contributed by atoms with Crippen LogP contribution in [0.5, 0.6) is 0 Å². The Bertz CT molecular complexity index is 531. The van der Waals surface area contributed by atoms with Gasteiger partial charge in [0, 0.05) is 37.1 Å². The largest absolute Gasteiger partial charge is 0.364 e. The number of carbonyl (C=O) groups is 1. The molecule has 5 nitrogen and oxygen atoms in total. The number of nitrogens with zero attached hydrogens (tertiary/aromatic N) is 1. The van der Waals surface area contributed by atoms with Crippen LogP contribution >= 0.6 is 0 Å². The molecule has 0 bridgehead atoms. The summed E-state index contributed by atoms with van der Waals surface area (Å²) in [6.07, 6.45) is 5.87. The van der Waals surface area contributed by atoms with Crippen molar-refractivity contribution >= 4 is 5.91 Å². The van der Waals surface area contributed by atoms with Gasteiger partial charge in [-0.2, -0.15) is 0 Å². The zero-order valence-electron chi connectivity index (χ0n) is 12.9. The summed E-state index contributed by atoms with van der Waals surface area (Å²) in [7, 11) is 0. The SMILES string of the molecule is CCCCN1CCC(NC(=O)c2c[nH]c(C)cc2=O)CC1. The number of pyridine rings is 1. The Balaban J connectivity index is 1.85. The van der Waals surface area contributed by atoms with Crippen LogP contribution in [-0.4, -0.2) is 41.5 Å². The van der Waals surface area contributed by atoms with Crippen LogP contribution in [0.15, 0.2) is 17.1 Å². The number of piperidine rings is 1. The van der Waals surface area contributed by atoms with Crippen molar-refractivity contribution in [2.24, 2.45) is 0 Å². The zero-order valence-corrected chi connectivity index (χ0v) is 12.9. The molecule has 1 saturated heterocycles. The number of hydrogen-bond acceptors (Lipinski definition) is 3. The molecule has 2 heterocycles. The van der Waals surface area contributed by atoms with Crippen LogP contribution in [0.4, 0.5) is 0 Å². The van der Waals surface area contributed by atoms with Gasteiger partial charge in [0.1, 0.15) is 5.56 Å². The maximum Gasteiger partial charge on any atom is 0.256 e.